The number of hydrogen-bond donors (Lipinski definition) is 0. The number of rotatable bonds is 2. The molecule has 3 aromatic rings. The standard InChI is InChI=1S/C12H13.C11H17.2ClH.Zr/c1-9(2)12-7-10-5-3-4-6-11(10)8-12;1-6-11-9(4)7(2)8(3)10(11)5;;;/h3-9H,1-2H3;6H2,1-5H3;2*1H;/q2*-1;;;+4/p-2. The van der Waals surface area contributed by atoms with Gasteiger partial charge in [-0.15, -0.1) is 40.6 Å². The van der Waals surface area contributed by atoms with Crippen LogP contribution in [0.5, 0.6) is 0 Å². The average molecular weight is 469 g/mol. The number of benzene rings is 1. The molecule has 26 heavy (non-hydrogen) atoms. The zero-order valence-electron chi connectivity index (χ0n) is 17.0. The molecule has 0 saturated carbocycles. The fourth-order valence-corrected chi connectivity index (χ4v) is 3.33. The molecule has 0 unspecified atom stereocenters. The molecule has 0 fully saturated rings. The summed E-state index contributed by atoms with van der Waals surface area (Å²) < 4.78 is 0. The topological polar surface area (TPSA) is 0 Å². The van der Waals surface area contributed by atoms with Crippen molar-refractivity contribution in [3.63, 3.8) is 0 Å². The van der Waals surface area contributed by atoms with Crippen molar-refractivity contribution in [2.45, 2.75) is 60.8 Å². The molecule has 0 nitrogen and oxygen atoms in total. The summed E-state index contributed by atoms with van der Waals surface area (Å²) in [5, 5.41) is 2.72. The Bertz CT molecular complexity index is 751. The van der Waals surface area contributed by atoms with Crippen molar-refractivity contribution in [1.82, 2.24) is 0 Å². The van der Waals surface area contributed by atoms with Gasteiger partial charge in [-0.2, -0.15) is 33.9 Å². The molecular weight excluding hydrogens is 438 g/mol. The molecule has 0 N–H and O–H groups in total. The van der Waals surface area contributed by atoms with Gasteiger partial charge in [0.15, 0.2) is 0 Å². The van der Waals surface area contributed by atoms with Crippen LogP contribution in [0, 0.1) is 27.7 Å². The zero-order chi connectivity index (χ0) is 19.9. The molecule has 0 aromatic heterocycles. The van der Waals surface area contributed by atoms with Crippen molar-refractivity contribution in [2.75, 3.05) is 0 Å². The van der Waals surface area contributed by atoms with Crippen molar-refractivity contribution >= 4 is 27.8 Å². The molecule has 3 rings (SSSR count). The SMILES string of the molecule is CC(C)c1cc2ccccc2[cH-]1.CC[c-]1c(C)c(C)c(C)c1C.[Cl][Zr+2][Cl]. The molecule has 140 valence electrons. The van der Waals surface area contributed by atoms with Crippen LogP contribution in [0.15, 0.2) is 36.4 Å². The molecule has 0 amide bonds. The Morgan fingerprint density at radius 2 is 1.50 bits per heavy atom. The molecule has 0 bridgehead atoms. The first kappa shape index (κ1) is 23.7. The van der Waals surface area contributed by atoms with E-state index < -0.39 is 20.8 Å². The van der Waals surface area contributed by atoms with Crippen LogP contribution in [0.3, 0.4) is 0 Å². The van der Waals surface area contributed by atoms with Crippen molar-refractivity contribution in [3.05, 3.63) is 69.8 Å². The van der Waals surface area contributed by atoms with Gasteiger partial charge < -0.3 is 0 Å². The van der Waals surface area contributed by atoms with E-state index in [2.05, 4.69) is 84.9 Å². The molecular formula is C23H30Cl2Zr. The summed E-state index contributed by atoms with van der Waals surface area (Å²) in [4.78, 5) is 0. The van der Waals surface area contributed by atoms with Gasteiger partial charge in [0.05, 0.1) is 0 Å². The van der Waals surface area contributed by atoms with Crippen LogP contribution >= 0.6 is 17.0 Å². The fourth-order valence-electron chi connectivity index (χ4n) is 3.33. The van der Waals surface area contributed by atoms with Gasteiger partial charge in [-0.25, -0.2) is 0 Å². The van der Waals surface area contributed by atoms with Gasteiger partial charge in [-0.3, -0.25) is 0 Å². The first-order valence-electron chi connectivity index (χ1n) is 9.11. The third-order valence-electron chi connectivity index (χ3n) is 5.25. The van der Waals surface area contributed by atoms with E-state index in [1.165, 1.54) is 45.0 Å². The molecule has 0 heterocycles. The minimum atomic E-state index is -0.826. The quantitative estimate of drug-likeness (QED) is 0.332. The average Bonchev–Trinajstić information content (AvgIpc) is 3.13. The van der Waals surface area contributed by atoms with Gasteiger partial charge in [0.1, 0.15) is 0 Å². The minimum absolute atomic E-state index is 0.636. The molecule has 0 saturated heterocycles. The first-order valence-corrected chi connectivity index (χ1v) is 15.4. The molecule has 0 aliphatic rings. The van der Waals surface area contributed by atoms with Crippen molar-refractivity contribution in [2.24, 2.45) is 0 Å². The number of halogens is 2. The van der Waals surface area contributed by atoms with Gasteiger partial charge in [-0.1, -0.05) is 61.0 Å². The Kier molecular flexibility index (Phi) is 10.5. The maximum absolute atomic E-state index is 4.93. The van der Waals surface area contributed by atoms with Crippen molar-refractivity contribution < 1.29 is 20.8 Å². The van der Waals surface area contributed by atoms with E-state index in [9.17, 15) is 0 Å². The Balaban J connectivity index is 0.000000227. The Morgan fingerprint density at radius 3 is 1.88 bits per heavy atom. The van der Waals surface area contributed by atoms with Crippen LogP contribution in [0.2, 0.25) is 0 Å². The van der Waals surface area contributed by atoms with E-state index in [1.54, 1.807) is 5.56 Å². The van der Waals surface area contributed by atoms with Gasteiger partial charge in [-0.05, 0) is 5.92 Å². The van der Waals surface area contributed by atoms with Gasteiger partial charge in [0, 0.05) is 0 Å². The van der Waals surface area contributed by atoms with Crippen LogP contribution in [-0.2, 0) is 27.3 Å². The zero-order valence-corrected chi connectivity index (χ0v) is 21.0. The summed E-state index contributed by atoms with van der Waals surface area (Å²) in [6.45, 7) is 15.6. The van der Waals surface area contributed by atoms with E-state index in [4.69, 9.17) is 17.0 Å². The Morgan fingerprint density at radius 1 is 1.00 bits per heavy atom. The predicted molar refractivity (Wildman–Crippen MR) is 116 cm³/mol. The maximum atomic E-state index is 4.93. The van der Waals surface area contributed by atoms with E-state index in [0.717, 1.165) is 0 Å². The molecule has 0 spiro atoms. The summed E-state index contributed by atoms with van der Waals surface area (Å²) in [5.74, 6) is 0.636. The van der Waals surface area contributed by atoms with E-state index in [0.29, 0.717) is 5.92 Å². The number of hydrogen-bond acceptors (Lipinski definition) is 0. The molecule has 0 aliphatic heterocycles. The summed E-state index contributed by atoms with van der Waals surface area (Å²) in [5.41, 5.74) is 8.97. The monoisotopic (exact) mass is 466 g/mol. The van der Waals surface area contributed by atoms with Gasteiger partial charge >= 0.3 is 37.9 Å². The van der Waals surface area contributed by atoms with Crippen LogP contribution < -0.4 is 0 Å². The van der Waals surface area contributed by atoms with E-state index >= 15 is 0 Å². The third kappa shape index (κ3) is 6.08. The van der Waals surface area contributed by atoms with Crippen LogP contribution in [0.1, 0.15) is 60.1 Å². The molecule has 0 radical (unpaired) electrons. The van der Waals surface area contributed by atoms with E-state index in [-0.39, 0.29) is 0 Å². The summed E-state index contributed by atoms with van der Waals surface area (Å²) in [7, 11) is 9.87. The second-order valence-corrected chi connectivity index (χ2v) is 10.7. The van der Waals surface area contributed by atoms with Crippen LogP contribution in [0.25, 0.3) is 10.8 Å². The molecule has 3 heteroatoms. The van der Waals surface area contributed by atoms with E-state index in [1.807, 2.05) is 0 Å². The van der Waals surface area contributed by atoms with Gasteiger partial charge in [0.25, 0.3) is 0 Å². The van der Waals surface area contributed by atoms with Crippen LogP contribution in [-0.4, -0.2) is 0 Å². The molecule has 0 aliphatic carbocycles. The van der Waals surface area contributed by atoms with Gasteiger partial charge in [0.2, 0.25) is 0 Å². The predicted octanol–water partition coefficient (Wildman–Crippen LogP) is 8.26. The number of fused-ring (bicyclic) bond motifs is 1. The van der Waals surface area contributed by atoms with Crippen molar-refractivity contribution in [3.8, 4) is 0 Å². The summed E-state index contributed by atoms with van der Waals surface area (Å²) in [6.07, 6.45) is 1.17. The fraction of sp³-hybridized carbons (Fsp3) is 0.391. The Labute approximate surface area is 178 Å². The van der Waals surface area contributed by atoms with Crippen molar-refractivity contribution in [1.29, 1.82) is 0 Å². The second kappa shape index (κ2) is 11.5. The second-order valence-electron chi connectivity index (χ2n) is 6.98. The van der Waals surface area contributed by atoms with Crippen LogP contribution in [0.4, 0.5) is 0 Å². The molecule has 3 aromatic carbocycles. The molecule has 0 atom stereocenters. The summed E-state index contributed by atoms with van der Waals surface area (Å²) >= 11 is -0.826. The first-order chi connectivity index (χ1) is 12.3. The Hall–Kier alpha value is -0.357. The third-order valence-corrected chi connectivity index (χ3v) is 5.25. The normalized spacial score (nSPS) is 10.1. The summed E-state index contributed by atoms with van der Waals surface area (Å²) in [6, 6.07) is 13.1.